The fourth-order valence-electron chi connectivity index (χ4n) is 2.50. The van der Waals surface area contributed by atoms with Crippen LogP contribution in [0, 0.1) is 11.2 Å². The first-order chi connectivity index (χ1) is 9.16. The van der Waals surface area contributed by atoms with Crippen LogP contribution in [0.1, 0.15) is 16.0 Å². The number of hydrogen-bond acceptors (Lipinski definition) is 3. The number of rotatable bonds is 2. The van der Waals surface area contributed by atoms with E-state index in [1.165, 1.54) is 16.5 Å². The number of hydrogen-bond donors (Lipinski definition) is 2. The van der Waals surface area contributed by atoms with Crippen LogP contribution in [0.3, 0.4) is 0 Å². The lowest BCUT2D eigenvalue weighted by atomic mass is 10.1. The van der Waals surface area contributed by atoms with E-state index >= 15 is 0 Å². The SMILES string of the molecule is N=C(N)c1c(F)cccc1N1CCc2sccc2C1. The number of anilines is 1. The number of halogens is 1. The second kappa shape index (κ2) is 4.66. The van der Waals surface area contributed by atoms with Crippen molar-refractivity contribution in [1.29, 1.82) is 5.41 Å². The van der Waals surface area contributed by atoms with Crippen molar-refractivity contribution in [2.75, 3.05) is 11.4 Å². The lowest BCUT2D eigenvalue weighted by Gasteiger charge is -2.30. The van der Waals surface area contributed by atoms with E-state index in [1.807, 2.05) is 6.07 Å². The van der Waals surface area contributed by atoms with Crippen LogP contribution in [0.5, 0.6) is 0 Å². The van der Waals surface area contributed by atoms with Crippen LogP contribution in [0.2, 0.25) is 0 Å². The van der Waals surface area contributed by atoms with E-state index < -0.39 is 5.82 Å². The van der Waals surface area contributed by atoms with Gasteiger partial charge in [-0.25, -0.2) is 4.39 Å². The first kappa shape index (κ1) is 12.2. The Labute approximate surface area is 115 Å². The Balaban J connectivity index is 2.00. The molecule has 0 aliphatic carbocycles. The number of nitrogens with two attached hydrogens (primary N) is 1. The van der Waals surface area contributed by atoms with Crippen molar-refractivity contribution in [1.82, 2.24) is 0 Å². The van der Waals surface area contributed by atoms with Crippen LogP contribution in [0.25, 0.3) is 0 Å². The van der Waals surface area contributed by atoms with Crippen LogP contribution in [-0.2, 0) is 13.0 Å². The minimum atomic E-state index is -0.430. The van der Waals surface area contributed by atoms with Crippen molar-refractivity contribution < 1.29 is 4.39 Å². The molecule has 0 saturated carbocycles. The fraction of sp³-hybridized carbons (Fsp3) is 0.214. The number of nitrogens with zero attached hydrogens (tertiary/aromatic N) is 1. The van der Waals surface area contributed by atoms with Gasteiger partial charge in [0.2, 0.25) is 0 Å². The third-order valence-electron chi connectivity index (χ3n) is 3.41. The highest BCUT2D eigenvalue weighted by molar-refractivity contribution is 7.10. The van der Waals surface area contributed by atoms with E-state index in [2.05, 4.69) is 16.3 Å². The Morgan fingerprint density at radius 2 is 2.21 bits per heavy atom. The predicted octanol–water partition coefficient (Wildman–Crippen LogP) is 2.73. The molecule has 1 aromatic carbocycles. The van der Waals surface area contributed by atoms with Gasteiger partial charge >= 0.3 is 0 Å². The van der Waals surface area contributed by atoms with Crippen molar-refractivity contribution in [3.05, 3.63) is 51.5 Å². The van der Waals surface area contributed by atoms with E-state index in [0.29, 0.717) is 5.69 Å². The van der Waals surface area contributed by atoms with Crippen LogP contribution < -0.4 is 10.6 Å². The van der Waals surface area contributed by atoms with Crippen molar-refractivity contribution in [3.8, 4) is 0 Å². The van der Waals surface area contributed by atoms with Crippen molar-refractivity contribution in [3.63, 3.8) is 0 Å². The highest BCUT2D eigenvalue weighted by Crippen LogP contribution is 2.30. The maximum atomic E-state index is 13.8. The second-order valence-electron chi connectivity index (χ2n) is 4.59. The molecule has 2 heterocycles. The van der Waals surface area contributed by atoms with Crippen LogP contribution in [-0.4, -0.2) is 12.4 Å². The minimum absolute atomic E-state index is 0.209. The molecule has 0 atom stereocenters. The largest absolute Gasteiger partial charge is 0.384 e. The van der Waals surface area contributed by atoms with Gasteiger partial charge in [-0.3, -0.25) is 5.41 Å². The highest BCUT2D eigenvalue weighted by atomic mass is 32.1. The van der Waals surface area contributed by atoms with Gasteiger partial charge in [0.25, 0.3) is 0 Å². The maximum Gasteiger partial charge on any atom is 0.136 e. The molecule has 0 bridgehead atoms. The number of amidine groups is 1. The second-order valence-corrected chi connectivity index (χ2v) is 5.59. The molecule has 0 unspecified atom stereocenters. The molecule has 0 fully saturated rings. The van der Waals surface area contributed by atoms with Gasteiger partial charge in [-0.2, -0.15) is 0 Å². The summed E-state index contributed by atoms with van der Waals surface area (Å²) in [5.41, 5.74) is 7.72. The highest BCUT2D eigenvalue weighted by Gasteiger charge is 2.21. The van der Waals surface area contributed by atoms with Gasteiger partial charge in [0.15, 0.2) is 0 Å². The first-order valence-electron chi connectivity index (χ1n) is 6.10. The summed E-state index contributed by atoms with van der Waals surface area (Å²) >= 11 is 1.77. The van der Waals surface area contributed by atoms with Crippen molar-refractivity contribution >= 4 is 22.9 Å². The zero-order valence-electron chi connectivity index (χ0n) is 10.3. The molecule has 3 N–H and O–H groups in total. The molecule has 1 aliphatic rings. The molecule has 0 amide bonds. The number of fused-ring (bicyclic) bond motifs is 1. The molecule has 0 spiro atoms. The Morgan fingerprint density at radius 3 is 3.00 bits per heavy atom. The van der Waals surface area contributed by atoms with E-state index in [1.54, 1.807) is 17.4 Å². The van der Waals surface area contributed by atoms with E-state index in [-0.39, 0.29) is 11.4 Å². The molecule has 0 radical (unpaired) electrons. The van der Waals surface area contributed by atoms with Crippen LogP contribution in [0.15, 0.2) is 29.6 Å². The molecular weight excluding hydrogens is 261 g/mol. The summed E-state index contributed by atoms with van der Waals surface area (Å²) in [6, 6.07) is 6.95. The number of thiophene rings is 1. The molecule has 3 nitrogen and oxygen atoms in total. The molecule has 0 saturated heterocycles. The quantitative estimate of drug-likeness (QED) is 0.654. The zero-order chi connectivity index (χ0) is 13.4. The summed E-state index contributed by atoms with van der Waals surface area (Å²) in [6.45, 7) is 1.58. The molecule has 3 rings (SSSR count). The standard InChI is InChI=1S/C14H14FN3S/c15-10-2-1-3-11(13(10)14(16)17)18-6-4-12-9(8-18)5-7-19-12/h1-3,5,7H,4,6,8H2,(H3,16,17). The Bertz CT molecular complexity index is 635. The number of nitrogens with one attached hydrogen (secondary N) is 1. The Kier molecular flexibility index (Phi) is 2.98. The normalized spacial score (nSPS) is 14.3. The molecule has 1 aromatic heterocycles. The summed E-state index contributed by atoms with van der Waals surface area (Å²) < 4.78 is 13.8. The van der Waals surface area contributed by atoms with Gasteiger partial charge in [-0.1, -0.05) is 6.07 Å². The third kappa shape index (κ3) is 2.10. The summed E-state index contributed by atoms with van der Waals surface area (Å²) in [4.78, 5) is 3.49. The van der Waals surface area contributed by atoms with Gasteiger partial charge < -0.3 is 10.6 Å². The monoisotopic (exact) mass is 275 g/mol. The van der Waals surface area contributed by atoms with Crippen molar-refractivity contribution in [2.45, 2.75) is 13.0 Å². The molecule has 2 aromatic rings. The summed E-state index contributed by atoms with van der Waals surface area (Å²) in [5, 5.41) is 9.65. The summed E-state index contributed by atoms with van der Waals surface area (Å²) in [6.07, 6.45) is 0.959. The predicted molar refractivity (Wildman–Crippen MR) is 76.5 cm³/mol. The molecular formula is C14H14FN3S. The minimum Gasteiger partial charge on any atom is -0.384 e. The molecule has 1 aliphatic heterocycles. The lowest BCUT2D eigenvalue weighted by molar-refractivity contribution is 0.622. The van der Waals surface area contributed by atoms with Gasteiger partial charge in [-0.05, 0) is 35.6 Å². The molecule has 19 heavy (non-hydrogen) atoms. The fourth-order valence-corrected chi connectivity index (χ4v) is 3.39. The number of benzene rings is 1. The first-order valence-corrected chi connectivity index (χ1v) is 6.98. The Hall–Kier alpha value is -1.88. The smallest absolute Gasteiger partial charge is 0.136 e. The van der Waals surface area contributed by atoms with E-state index in [9.17, 15) is 4.39 Å². The average Bonchev–Trinajstić information content (AvgIpc) is 2.85. The maximum absolute atomic E-state index is 13.8. The number of nitrogen functional groups attached to an aromatic ring is 1. The molecule has 5 heteroatoms. The summed E-state index contributed by atoms with van der Waals surface area (Å²) in [7, 11) is 0. The zero-order valence-corrected chi connectivity index (χ0v) is 11.1. The van der Waals surface area contributed by atoms with E-state index in [0.717, 1.165) is 19.5 Å². The van der Waals surface area contributed by atoms with Gasteiger partial charge in [-0.15, -0.1) is 11.3 Å². The summed E-state index contributed by atoms with van der Waals surface area (Å²) in [5.74, 6) is -0.648. The van der Waals surface area contributed by atoms with Crippen LogP contribution >= 0.6 is 11.3 Å². The lowest BCUT2D eigenvalue weighted by Crippen LogP contribution is -2.31. The van der Waals surface area contributed by atoms with Gasteiger partial charge in [0, 0.05) is 18.0 Å². The Morgan fingerprint density at radius 1 is 1.37 bits per heavy atom. The van der Waals surface area contributed by atoms with Gasteiger partial charge in [0.1, 0.15) is 11.7 Å². The topological polar surface area (TPSA) is 53.1 Å². The van der Waals surface area contributed by atoms with Crippen LogP contribution in [0.4, 0.5) is 10.1 Å². The van der Waals surface area contributed by atoms with E-state index in [4.69, 9.17) is 11.1 Å². The van der Waals surface area contributed by atoms with Gasteiger partial charge in [0.05, 0.1) is 11.3 Å². The third-order valence-corrected chi connectivity index (χ3v) is 4.43. The van der Waals surface area contributed by atoms with Crippen molar-refractivity contribution in [2.24, 2.45) is 5.73 Å². The molecule has 98 valence electrons. The average molecular weight is 275 g/mol.